The van der Waals surface area contributed by atoms with Crippen molar-refractivity contribution in [3.63, 3.8) is 0 Å². The summed E-state index contributed by atoms with van der Waals surface area (Å²) in [4.78, 5) is 0. The molecule has 1 N–H and O–H groups in total. The van der Waals surface area contributed by atoms with Crippen molar-refractivity contribution in [3.8, 4) is 0 Å². The Morgan fingerprint density at radius 3 is 2.75 bits per heavy atom. The summed E-state index contributed by atoms with van der Waals surface area (Å²) in [5.41, 5.74) is 1.51. The lowest BCUT2D eigenvalue weighted by Crippen LogP contribution is -2.13. The average Bonchev–Trinajstić information content (AvgIpc) is 2.77. The summed E-state index contributed by atoms with van der Waals surface area (Å²) in [5.74, 6) is -1.56. The zero-order chi connectivity index (χ0) is 11.4. The van der Waals surface area contributed by atoms with Gasteiger partial charge in [-0.25, -0.2) is 8.78 Å². The number of hydrogen-bond donors (Lipinski definition) is 1. The van der Waals surface area contributed by atoms with E-state index in [2.05, 4.69) is 5.32 Å². The molecule has 1 aromatic carbocycles. The van der Waals surface area contributed by atoms with Gasteiger partial charge in [0.2, 0.25) is 0 Å². The number of halogens is 2. The molecule has 0 amide bonds. The highest BCUT2D eigenvalue weighted by molar-refractivity contribution is 7.07. The maximum atomic E-state index is 13.3. The van der Waals surface area contributed by atoms with Crippen LogP contribution in [0.4, 0.5) is 8.78 Å². The van der Waals surface area contributed by atoms with Gasteiger partial charge in [-0.05, 0) is 28.5 Å². The molecule has 0 atom stereocenters. The van der Waals surface area contributed by atoms with Gasteiger partial charge in [0.15, 0.2) is 11.6 Å². The molecule has 0 saturated carbocycles. The van der Waals surface area contributed by atoms with Crippen LogP contribution in [0.5, 0.6) is 0 Å². The van der Waals surface area contributed by atoms with E-state index in [1.165, 1.54) is 6.07 Å². The van der Waals surface area contributed by atoms with Crippen LogP contribution >= 0.6 is 11.3 Å². The number of rotatable bonds is 4. The van der Waals surface area contributed by atoms with Crippen LogP contribution in [-0.4, -0.2) is 0 Å². The zero-order valence-corrected chi connectivity index (χ0v) is 9.36. The van der Waals surface area contributed by atoms with Gasteiger partial charge >= 0.3 is 0 Å². The van der Waals surface area contributed by atoms with E-state index in [0.717, 1.165) is 11.6 Å². The van der Waals surface area contributed by atoms with Crippen molar-refractivity contribution >= 4 is 11.3 Å². The van der Waals surface area contributed by atoms with E-state index in [-0.39, 0.29) is 0 Å². The maximum absolute atomic E-state index is 13.3. The molecule has 0 saturated heterocycles. The minimum Gasteiger partial charge on any atom is -0.308 e. The topological polar surface area (TPSA) is 12.0 Å². The fourth-order valence-electron chi connectivity index (χ4n) is 1.42. The molecule has 0 bridgehead atoms. The van der Waals surface area contributed by atoms with E-state index in [1.807, 2.05) is 16.8 Å². The highest BCUT2D eigenvalue weighted by Gasteiger charge is 2.06. The number of nitrogens with one attached hydrogen (secondary N) is 1. The molecule has 2 aromatic rings. The summed E-state index contributed by atoms with van der Waals surface area (Å²) >= 11 is 1.62. The average molecular weight is 239 g/mol. The molecule has 0 spiro atoms. The Morgan fingerprint density at radius 2 is 2.00 bits per heavy atom. The first-order valence-electron chi connectivity index (χ1n) is 4.92. The van der Waals surface area contributed by atoms with Gasteiger partial charge < -0.3 is 5.32 Å². The summed E-state index contributed by atoms with van der Waals surface area (Å²) in [5, 5.41) is 7.08. The molecular weight excluding hydrogens is 228 g/mol. The van der Waals surface area contributed by atoms with Gasteiger partial charge in [-0.3, -0.25) is 0 Å². The van der Waals surface area contributed by atoms with Gasteiger partial charge in [0, 0.05) is 18.7 Å². The summed E-state index contributed by atoms with van der Waals surface area (Å²) in [7, 11) is 0. The van der Waals surface area contributed by atoms with Crippen LogP contribution in [0, 0.1) is 11.6 Å². The lowest BCUT2D eigenvalue weighted by molar-refractivity contribution is 0.493. The third-order valence-electron chi connectivity index (χ3n) is 2.26. The quantitative estimate of drug-likeness (QED) is 0.863. The van der Waals surface area contributed by atoms with Crippen molar-refractivity contribution in [1.82, 2.24) is 5.32 Å². The molecule has 0 aliphatic heterocycles. The van der Waals surface area contributed by atoms with Gasteiger partial charge in [0.25, 0.3) is 0 Å². The van der Waals surface area contributed by atoms with Crippen LogP contribution in [0.2, 0.25) is 0 Å². The largest absolute Gasteiger partial charge is 0.308 e. The van der Waals surface area contributed by atoms with E-state index >= 15 is 0 Å². The molecule has 16 heavy (non-hydrogen) atoms. The highest BCUT2D eigenvalue weighted by atomic mass is 32.1. The van der Waals surface area contributed by atoms with E-state index < -0.39 is 11.6 Å². The Labute approximate surface area is 96.7 Å². The van der Waals surface area contributed by atoms with Crippen LogP contribution in [0.1, 0.15) is 11.1 Å². The molecule has 1 aromatic heterocycles. The van der Waals surface area contributed by atoms with Crippen LogP contribution < -0.4 is 5.32 Å². The summed E-state index contributed by atoms with van der Waals surface area (Å²) < 4.78 is 26.1. The van der Waals surface area contributed by atoms with Crippen LogP contribution in [-0.2, 0) is 13.1 Å². The van der Waals surface area contributed by atoms with Gasteiger partial charge in [-0.15, -0.1) is 0 Å². The number of hydrogen-bond acceptors (Lipinski definition) is 2. The first-order valence-corrected chi connectivity index (χ1v) is 5.86. The number of benzene rings is 1. The second-order valence-electron chi connectivity index (χ2n) is 3.45. The van der Waals surface area contributed by atoms with Gasteiger partial charge in [0.1, 0.15) is 0 Å². The molecule has 0 radical (unpaired) electrons. The lowest BCUT2D eigenvalue weighted by Gasteiger charge is -2.05. The minimum atomic E-state index is -0.796. The predicted molar refractivity (Wildman–Crippen MR) is 61.2 cm³/mol. The third-order valence-corrected chi connectivity index (χ3v) is 2.99. The molecule has 0 aliphatic rings. The molecular formula is C12H11F2NS. The van der Waals surface area contributed by atoms with Crippen molar-refractivity contribution in [2.24, 2.45) is 0 Å². The van der Waals surface area contributed by atoms with Crippen molar-refractivity contribution < 1.29 is 8.78 Å². The van der Waals surface area contributed by atoms with E-state index in [9.17, 15) is 8.78 Å². The van der Waals surface area contributed by atoms with Crippen LogP contribution in [0.25, 0.3) is 0 Å². The van der Waals surface area contributed by atoms with Gasteiger partial charge in [-0.2, -0.15) is 11.3 Å². The van der Waals surface area contributed by atoms with E-state index in [1.54, 1.807) is 17.4 Å². The summed E-state index contributed by atoms with van der Waals surface area (Å²) in [6, 6.07) is 6.22. The summed E-state index contributed by atoms with van der Waals surface area (Å²) in [6.45, 7) is 0.999. The van der Waals surface area contributed by atoms with Crippen molar-refractivity contribution in [1.29, 1.82) is 0 Å². The standard InChI is InChI=1S/C12H11F2NS/c13-11-3-1-2-10(12(11)14)7-15-6-9-4-5-16-8-9/h1-5,8,15H,6-7H2. The second kappa shape index (κ2) is 5.18. The Kier molecular flexibility index (Phi) is 3.64. The van der Waals surface area contributed by atoms with E-state index in [4.69, 9.17) is 0 Å². The lowest BCUT2D eigenvalue weighted by atomic mass is 10.2. The fourth-order valence-corrected chi connectivity index (χ4v) is 2.09. The monoisotopic (exact) mass is 239 g/mol. The minimum absolute atomic E-state index is 0.333. The molecule has 1 heterocycles. The Balaban J connectivity index is 1.92. The molecule has 4 heteroatoms. The molecule has 0 unspecified atom stereocenters. The number of thiophene rings is 1. The molecule has 0 fully saturated rings. The molecule has 84 valence electrons. The van der Waals surface area contributed by atoms with Crippen LogP contribution in [0.15, 0.2) is 35.0 Å². The molecule has 0 aliphatic carbocycles. The van der Waals surface area contributed by atoms with Crippen molar-refractivity contribution in [3.05, 3.63) is 57.8 Å². The molecule has 2 rings (SSSR count). The van der Waals surface area contributed by atoms with Crippen molar-refractivity contribution in [2.75, 3.05) is 0 Å². The summed E-state index contributed by atoms with van der Waals surface area (Å²) in [6.07, 6.45) is 0. The fraction of sp³-hybridized carbons (Fsp3) is 0.167. The third kappa shape index (κ3) is 2.65. The predicted octanol–water partition coefficient (Wildman–Crippen LogP) is 3.32. The first-order chi connectivity index (χ1) is 7.77. The maximum Gasteiger partial charge on any atom is 0.163 e. The normalized spacial score (nSPS) is 10.6. The Bertz CT molecular complexity index is 454. The Hall–Kier alpha value is -1.26. The van der Waals surface area contributed by atoms with Gasteiger partial charge in [0.05, 0.1) is 0 Å². The second-order valence-corrected chi connectivity index (χ2v) is 4.23. The van der Waals surface area contributed by atoms with Crippen molar-refractivity contribution in [2.45, 2.75) is 13.1 Å². The zero-order valence-electron chi connectivity index (χ0n) is 8.54. The van der Waals surface area contributed by atoms with Crippen LogP contribution in [0.3, 0.4) is 0 Å². The first kappa shape index (κ1) is 11.2. The highest BCUT2D eigenvalue weighted by Crippen LogP contribution is 2.11. The van der Waals surface area contributed by atoms with Gasteiger partial charge in [-0.1, -0.05) is 12.1 Å². The molecule has 1 nitrogen and oxygen atoms in total. The SMILES string of the molecule is Fc1cccc(CNCc2ccsc2)c1F. The Morgan fingerprint density at radius 1 is 1.12 bits per heavy atom. The van der Waals surface area contributed by atoms with E-state index in [0.29, 0.717) is 18.7 Å². The smallest absolute Gasteiger partial charge is 0.163 e.